The molecule has 2 unspecified atom stereocenters. The summed E-state index contributed by atoms with van der Waals surface area (Å²) in [6, 6.07) is 11.6. The van der Waals surface area contributed by atoms with Gasteiger partial charge in [0, 0.05) is 18.8 Å². The lowest BCUT2D eigenvalue weighted by Gasteiger charge is -2.28. The Kier molecular flexibility index (Phi) is 12.5. The molecule has 2 aromatic carbocycles. The highest BCUT2D eigenvalue weighted by molar-refractivity contribution is 5.89. The third-order valence-electron chi connectivity index (χ3n) is 6.04. The van der Waals surface area contributed by atoms with Crippen LogP contribution in [0.3, 0.4) is 0 Å². The first-order chi connectivity index (χ1) is 18.2. The van der Waals surface area contributed by atoms with E-state index in [9.17, 15) is 24.3 Å². The van der Waals surface area contributed by atoms with Crippen LogP contribution in [-0.4, -0.2) is 41.6 Å². The molecule has 9 heteroatoms. The van der Waals surface area contributed by atoms with E-state index in [1.54, 1.807) is 43.3 Å². The van der Waals surface area contributed by atoms with Crippen LogP contribution in [0.2, 0.25) is 0 Å². The van der Waals surface area contributed by atoms with Crippen LogP contribution in [-0.2, 0) is 19.1 Å². The standard InChI is InChI=1S/C29H37NO8/c1-4-6-13-24(31)37-22-16-15-21(17-23(22)38-25(32)14-7-5-2)26(27(30)28(33)34)19(3)18-36-29(35)20-11-9-8-10-12-20/h8-12,15-17,19,26-27H,4-7,13-14,18,30H2,1-3H3,(H,33,34)/t19?,26?,27-/m0/s1. The fourth-order valence-corrected chi connectivity index (χ4v) is 3.90. The molecule has 0 aromatic heterocycles. The van der Waals surface area contributed by atoms with Gasteiger partial charge in [-0.15, -0.1) is 0 Å². The summed E-state index contributed by atoms with van der Waals surface area (Å²) in [6.45, 7) is 5.52. The van der Waals surface area contributed by atoms with Gasteiger partial charge in [0.2, 0.25) is 0 Å². The first-order valence-corrected chi connectivity index (χ1v) is 12.9. The maximum atomic E-state index is 12.4. The Morgan fingerprint density at radius 2 is 1.45 bits per heavy atom. The summed E-state index contributed by atoms with van der Waals surface area (Å²) in [4.78, 5) is 49.0. The van der Waals surface area contributed by atoms with Crippen molar-refractivity contribution in [1.29, 1.82) is 0 Å². The van der Waals surface area contributed by atoms with Crippen LogP contribution >= 0.6 is 0 Å². The maximum Gasteiger partial charge on any atom is 0.338 e. The number of hydrogen-bond donors (Lipinski definition) is 2. The molecule has 3 atom stereocenters. The van der Waals surface area contributed by atoms with Gasteiger partial charge in [-0.05, 0) is 48.6 Å². The summed E-state index contributed by atoms with van der Waals surface area (Å²) in [6.07, 6.45) is 3.26. The SMILES string of the molecule is CCCCC(=O)Oc1ccc(C(C(C)COC(=O)c2ccccc2)[C@H](N)C(=O)O)cc1OC(=O)CCCC. The van der Waals surface area contributed by atoms with Crippen molar-refractivity contribution in [2.24, 2.45) is 11.7 Å². The molecule has 0 heterocycles. The molecule has 0 saturated carbocycles. The number of esters is 3. The minimum atomic E-state index is -1.35. The molecule has 0 radical (unpaired) electrons. The van der Waals surface area contributed by atoms with Crippen LogP contribution in [0.15, 0.2) is 48.5 Å². The molecule has 2 aromatic rings. The van der Waals surface area contributed by atoms with Crippen LogP contribution in [0, 0.1) is 5.92 Å². The van der Waals surface area contributed by atoms with E-state index in [-0.39, 0.29) is 30.9 Å². The molecule has 9 nitrogen and oxygen atoms in total. The first-order valence-electron chi connectivity index (χ1n) is 12.9. The van der Waals surface area contributed by atoms with Gasteiger partial charge in [0.05, 0.1) is 12.2 Å². The summed E-state index contributed by atoms with van der Waals surface area (Å²) in [5.74, 6) is -4.02. The van der Waals surface area contributed by atoms with Crippen LogP contribution in [0.4, 0.5) is 0 Å². The number of carboxylic acids is 1. The summed E-state index contributed by atoms with van der Waals surface area (Å²) in [5.41, 5.74) is 6.88. The number of aliphatic carboxylic acids is 1. The zero-order chi connectivity index (χ0) is 28.1. The predicted octanol–water partition coefficient (Wildman–Crippen LogP) is 4.87. The average molecular weight is 528 g/mol. The second-order valence-corrected chi connectivity index (χ2v) is 9.19. The Labute approximate surface area is 223 Å². The van der Waals surface area contributed by atoms with Gasteiger partial charge in [-0.25, -0.2) is 4.79 Å². The molecule has 0 aliphatic rings. The molecule has 0 aliphatic carbocycles. The zero-order valence-electron chi connectivity index (χ0n) is 22.2. The van der Waals surface area contributed by atoms with E-state index in [4.69, 9.17) is 19.9 Å². The Bertz CT molecular complexity index is 1090. The van der Waals surface area contributed by atoms with Crippen molar-refractivity contribution in [3.63, 3.8) is 0 Å². The topological polar surface area (TPSA) is 142 Å². The number of nitrogens with two attached hydrogens (primary N) is 1. The third kappa shape index (κ3) is 9.30. The molecule has 0 bridgehead atoms. The molecule has 2 rings (SSSR count). The molecule has 0 fully saturated rings. The molecule has 0 spiro atoms. The molecule has 38 heavy (non-hydrogen) atoms. The van der Waals surface area contributed by atoms with Crippen LogP contribution in [0.1, 0.15) is 81.1 Å². The lowest BCUT2D eigenvalue weighted by molar-refractivity contribution is -0.139. The van der Waals surface area contributed by atoms with Gasteiger partial charge in [0.25, 0.3) is 0 Å². The lowest BCUT2D eigenvalue weighted by atomic mass is 9.82. The van der Waals surface area contributed by atoms with Gasteiger partial charge < -0.3 is 25.1 Å². The minimum Gasteiger partial charge on any atom is -0.480 e. The van der Waals surface area contributed by atoms with Gasteiger partial charge in [0.1, 0.15) is 6.04 Å². The van der Waals surface area contributed by atoms with Crippen molar-refractivity contribution in [2.45, 2.75) is 71.3 Å². The first kappa shape index (κ1) is 30.5. The fraction of sp³-hybridized carbons (Fsp3) is 0.448. The Hall–Kier alpha value is -3.72. The van der Waals surface area contributed by atoms with Crippen LogP contribution in [0.25, 0.3) is 0 Å². The molecule has 0 aliphatic heterocycles. The number of ether oxygens (including phenoxy) is 3. The average Bonchev–Trinajstić information content (AvgIpc) is 2.91. The monoisotopic (exact) mass is 527 g/mol. The van der Waals surface area contributed by atoms with E-state index in [1.165, 1.54) is 12.1 Å². The number of carbonyl (C=O) groups is 4. The molecule has 3 N–H and O–H groups in total. The predicted molar refractivity (Wildman–Crippen MR) is 141 cm³/mol. The van der Waals surface area contributed by atoms with E-state index >= 15 is 0 Å². The summed E-state index contributed by atoms with van der Waals surface area (Å²) in [7, 11) is 0. The zero-order valence-corrected chi connectivity index (χ0v) is 22.2. The summed E-state index contributed by atoms with van der Waals surface area (Å²) >= 11 is 0. The van der Waals surface area contributed by atoms with Gasteiger partial charge in [-0.3, -0.25) is 14.4 Å². The fourth-order valence-electron chi connectivity index (χ4n) is 3.90. The van der Waals surface area contributed by atoms with E-state index < -0.39 is 41.8 Å². The van der Waals surface area contributed by atoms with Crippen molar-refractivity contribution in [3.8, 4) is 11.5 Å². The van der Waals surface area contributed by atoms with Crippen LogP contribution in [0.5, 0.6) is 11.5 Å². The highest BCUT2D eigenvalue weighted by Crippen LogP contribution is 2.36. The van der Waals surface area contributed by atoms with Gasteiger partial charge in [-0.2, -0.15) is 0 Å². The number of hydrogen-bond acceptors (Lipinski definition) is 8. The van der Waals surface area contributed by atoms with Gasteiger partial charge in [0.15, 0.2) is 11.5 Å². The number of carboxylic acid groups (broad SMARTS) is 1. The van der Waals surface area contributed by atoms with Crippen molar-refractivity contribution in [2.75, 3.05) is 6.61 Å². The van der Waals surface area contributed by atoms with Gasteiger partial charge >= 0.3 is 23.9 Å². The second-order valence-electron chi connectivity index (χ2n) is 9.19. The lowest BCUT2D eigenvalue weighted by Crippen LogP contribution is -2.40. The summed E-state index contributed by atoms with van der Waals surface area (Å²) in [5, 5.41) is 9.70. The van der Waals surface area contributed by atoms with Crippen LogP contribution < -0.4 is 15.2 Å². The molecule has 0 saturated heterocycles. The third-order valence-corrected chi connectivity index (χ3v) is 6.04. The van der Waals surface area contributed by atoms with E-state index in [2.05, 4.69) is 0 Å². The number of benzene rings is 2. The molecular weight excluding hydrogens is 490 g/mol. The second kappa shape index (κ2) is 15.5. The number of carbonyl (C=O) groups excluding carboxylic acids is 3. The van der Waals surface area contributed by atoms with E-state index in [0.29, 0.717) is 24.0 Å². The van der Waals surface area contributed by atoms with Crippen molar-refractivity contribution in [1.82, 2.24) is 0 Å². The molecule has 206 valence electrons. The van der Waals surface area contributed by atoms with E-state index in [0.717, 1.165) is 12.8 Å². The van der Waals surface area contributed by atoms with Crippen molar-refractivity contribution < 1.29 is 38.5 Å². The van der Waals surface area contributed by atoms with E-state index in [1.807, 2.05) is 13.8 Å². The highest BCUT2D eigenvalue weighted by atomic mass is 16.6. The Morgan fingerprint density at radius 1 is 0.868 bits per heavy atom. The highest BCUT2D eigenvalue weighted by Gasteiger charge is 2.32. The maximum absolute atomic E-state index is 12.4. The van der Waals surface area contributed by atoms with Crippen molar-refractivity contribution >= 4 is 23.9 Å². The Balaban J connectivity index is 2.35. The smallest absolute Gasteiger partial charge is 0.338 e. The number of rotatable bonds is 15. The minimum absolute atomic E-state index is 0.00419. The number of unbranched alkanes of at least 4 members (excludes halogenated alkanes) is 2. The normalized spacial score (nSPS) is 13.2. The Morgan fingerprint density at radius 3 is 2.00 bits per heavy atom. The summed E-state index contributed by atoms with van der Waals surface area (Å²) < 4.78 is 16.4. The van der Waals surface area contributed by atoms with Gasteiger partial charge in [-0.1, -0.05) is 57.9 Å². The molecular formula is C29H37NO8. The quantitative estimate of drug-likeness (QED) is 0.245. The van der Waals surface area contributed by atoms with Crippen molar-refractivity contribution in [3.05, 3.63) is 59.7 Å². The molecule has 0 amide bonds. The largest absolute Gasteiger partial charge is 0.480 e.